The van der Waals surface area contributed by atoms with Crippen molar-refractivity contribution in [3.8, 4) is 5.75 Å². The Hall–Kier alpha value is -1.23. The number of hydrogen-bond acceptors (Lipinski definition) is 4. The average Bonchev–Trinajstić information content (AvgIpc) is 2.52. The molecule has 0 bridgehead atoms. The molecule has 26 heavy (non-hydrogen) atoms. The van der Waals surface area contributed by atoms with Gasteiger partial charge in [0.2, 0.25) is 0 Å². The number of methoxy groups -OCH3 is 1. The molecule has 1 rings (SSSR count). The van der Waals surface area contributed by atoms with Crippen molar-refractivity contribution in [2.24, 2.45) is 4.99 Å². The summed E-state index contributed by atoms with van der Waals surface area (Å²) in [5.74, 6) is 1.44. The maximum absolute atomic E-state index is 11.5. The lowest BCUT2D eigenvalue weighted by Crippen LogP contribution is -2.42. The van der Waals surface area contributed by atoms with E-state index in [1.807, 2.05) is 39.0 Å². The van der Waals surface area contributed by atoms with Crippen molar-refractivity contribution in [2.75, 3.05) is 27.2 Å². The molecule has 0 saturated heterocycles. The molecule has 0 aliphatic rings. The van der Waals surface area contributed by atoms with E-state index >= 15 is 0 Å². The van der Waals surface area contributed by atoms with Crippen molar-refractivity contribution in [1.29, 1.82) is 0 Å². The third-order valence-corrected chi connectivity index (χ3v) is 3.61. The summed E-state index contributed by atoms with van der Waals surface area (Å²) >= 11 is 3.47. The molecule has 0 spiro atoms. The molecule has 0 unspecified atom stereocenters. The van der Waals surface area contributed by atoms with Gasteiger partial charge in [-0.05, 0) is 54.4 Å². The first-order valence-electron chi connectivity index (χ1n) is 7.99. The van der Waals surface area contributed by atoms with E-state index in [1.54, 1.807) is 14.2 Å². The third-order valence-electron chi connectivity index (χ3n) is 2.99. The molecule has 1 amide bonds. The molecule has 7 nitrogen and oxygen atoms in total. The largest absolute Gasteiger partial charge is 0.496 e. The van der Waals surface area contributed by atoms with Gasteiger partial charge in [-0.3, -0.25) is 4.99 Å². The summed E-state index contributed by atoms with van der Waals surface area (Å²) < 4.78 is 11.3. The number of hydrogen-bond donors (Lipinski definition) is 3. The van der Waals surface area contributed by atoms with E-state index in [-0.39, 0.29) is 24.0 Å². The molecule has 0 atom stereocenters. The van der Waals surface area contributed by atoms with Gasteiger partial charge in [-0.2, -0.15) is 0 Å². The lowest BCUT2D eigenvalue weighted by molar-refractivity contribution is 0.0529. The quantitative estimate of drug-likeness (QED) is 0.222. The summed E-state index contributed by atoms with van der Waals surface area (Å²) in [6.45, 7) is 7.06. The van der Waals surface area contributed by atoms with E-state index < -0.39 is 11.7 Å². The Bertz CT molecular complexity index is 606. The summed E-state index contributed by atoms with van der Waals surface area (Å²) in [4.78, 5) is 15.7. The molecule has 0 radical (unpaired) electrons. The maximum Gasteiger partial charge on any atom is 0.407 e. The first-order valence-corrected chi connectivity index (χ1v) is 8.78. The third kappa shape index (κ3) is 10.0. The van der Waals surface area contributed by atoms with Crippen molar-refractivity contribution >= 4 is 52.0 Å². The Morgan fingerprint density at radius 3 is 2.38 bits per heavy atom. The second-order valence-electron chi connectivity index (χ2n) is 6.25. The van der Waals surface area contributed by atoms with E-state index in [2.05, 4.69) is 36.9 Å². The van der Waals surface area contributed by atoms with E-state index in [4.69, 9.17) is 9.47 Å². The highest BCUT2D eigenvalue weighted by Crippen LogP contribution is 2.25. The summed E-state index contributed by atoms with van der Waals surface area (Å²) in [5, 5.41) is 9.02. The number of alkyl carbamates (subject to hydrolysis) is 1. The van der Waals surface area contributed by atoms with Crippen LogP contribution >= 0.6 is 39.9 Å². The number of aliphatic imine (C=N–C) groups is 1. The van der Waals surface area contributed by atoms with Gasteiger partial charge in [-0.1, -0.05) is 6.07 Å². The summed E-state index contributed by atoms with van der Waals surface area (Å²) in [7, 11) is 3.33. The van der Waals surface area contributed by atoms with Gasteiger partial charge in [0.1, 0.15) is 11.4 Å². The Morgan fingerprint density at radius 1 is 1.19 bits per heavy atom. The molecule has 9 heteroatoms. The Morgan fingerprint density at radius 2 is 1.85 bits per heavy atom. The standard InChI is InChI=1S/C17H27BrN4O3.HI/c1-17(2,3)25-16(23)21-9-8-20-15(19-4)22-11-12-6-7-14(24-5)13(18)10-12;/h6-7,10H,8-9,11H2,1-5H3,(H,21,23)(H2,19,20,22);1H. The highest BCUT2D eigenvalue weighted by Gasteiger charge is 2.15. The molecular weight excluding hydrogens is 515 g/mol. The van der Waals surface area contributed by atoms with Crippen LogP contribution in [-0.4, -0.2) is 44.9 Å². The van der Waals surface area contributed by atoms with Gasteiger partial charge in [-0.25, -0.2) is 4.79 Å². The molecule has 148 valence electrons. The number of amides is 1. The van der Waals surface area contributed by atoms with Gasteiger partial charge in [0, 0.05) is 26.7 Å². The van der Waals surface area contributed by atoms with Crippen LogP contribution in [0.25, 0.3) is 0 Å². The second-order valence-corrected chi connectivity index (χ2v) is 7.10. The van der Waals surface area contributed by atoms with Crippen LogP contribution < -0.4 is 20.7 Å². The SMILES string of the molecule is CN=C(NCCNC(=O)OC(C)(C)C)NCc1ccc(OC)c(Br)c1.I. The smallest absolute Gasteiger partial charge is 0.407 e. The van der Waals surface area contributed by atoms with Crippen LogP contribution in [0.4, 0.5) is 4.79 Å². The average molecular weight is 543 g/mol. The number of rotatable bonds is 6. The lowest BCUT2D eigenvalue weighted by Gasteiger charge is -2.20. The number of nitrogens with one attached hydrogen (secondary N) is 3. The predicted octanol–water partition coefficient (Wildman–Crippen LogP) is 3.27. The van der Waals surface area contributed by atoms with E-state index in [9.17, 15) is 4.79 Å². The minimum absolute atomic E-state index is 0. The Kier molecular flexibility index (Phi) is 11.6. The number of guanidine groups is 1. The normalized spacial score (nSPS) is 11.2. The Labute approximate surface area is 180 Å². The highest BCUT2D eigenvalue weighted by molar-refractivity contribution is 14.0. The van der Waals surface area contributed by atoms with Crippen LogP contribution in [0, 0.1) is 0 Å². The molecule has 0 aromatic heterocycles. The van der Waals surface area contributed by atoms with Crippen molar-refractivity contribution in [3.05, 3.63) is 28.2 Å². The molecule has 0 heterocycles. The Balaban J connectivity index is 0.00000625. The van der Waals surface area contributed by atoms with Crippen molar-refractivity contribution in [1.82, 2.24) is 16.0 Å². The first-order chi connectivity index (χ1) is 11.7. The first kappa shape index (κ1) is 24.8. The van der Waals surface area contributed by atoms with Gasteiger partial charge in [0.25, 0.3) is 0 Å². The van der Waals surface area contributed by atoms with E-state index in [1.165, 1.54) is 0 Å². The monoisotopic (exact) mass is 542 g/mol. The molecule has 0 saturated carbocycles. The number of ether oxygens (including phenoxy) is 2. The zero-order valence-electron chi connectivity index (χ0n) is 15.8. The van der Waals surface area contributed by atoms with Crippen LogP contribution in [0.3, 0.4) is 0 Å². The van der Waals surface area contributed by atoms with Crippen LogP contribution in [0.1, 0.15) is 26.3 Å². The molecule has 0 aliphatic heterocycles. The van der Waals surface area contributed by atoms with Gasteiger partial charge < -0.3 is 25.4 Å². The van der Waals surface area contributed by atoms with E-state index in [0.29, 0.717) is 25.6 Å². The molecule has 1 aromatic rings. The summed E-state index contributed by atoms with van der Waals surface area (Å²) in [6, 6.07) is 5.87. The minimum Gasteiger partial charge on any atom is -0.496 e. The molecule has 1 aromatic carbocycles. The molecule has 0 fully saturated rings. The van der Waals surface area contributed by atoms with Crippen molar-refractivity contribution < 1.29 is 14.3 Å². The van der Waals surface area contributed by atoms with Gasteiger partial charge in [0.15, 0.2) is 5.96 Å². The molecule has 0 aliphatic carbocycles. The van der Waals surface area contributed by atoms with E-state index in [0.717, 1.165) is 15.8 Å². The molecule has 3 N–H and O–H groups in total. The van der Waals surface area contributed by atoms with Gasteiger partial charge >= 0.3 is 6.09 Å². The van der Waals surface area contributed by atoms with Crippen LogP contribution in [0.5, 0.6) is 5.75 Å². The lowest BCUT2D eigenvalue weighted by atomic mass is 10.2. The summed E-state index contributed by atoms with van der Waals surface area (Å²) in [5.41, 5.74) is 0.587. The second kappa shape index (κ2) is 12.2. The van der Waals surface area contributed by atoms with Crippen LogP contribution in [0.2, 0.25) is 0 Å². The van der Waals surface area contributed by atoms with Gasteiger partial charge in [0.05, 0.1) is 11.6 Å². The zero-order chi connectivity index (χ0) is 18.9. The number of carbonyl (C=O) groups excluding carboxylic acids is 1. The predicted molar refractivity (Wildman–Crippen MR) is 119 cm³/mol. The number of benzene rings is 1. The fourth-order valence-electron chi connectivity index (χ4n) is 1.89. The molecular formula is C17H28BrIN4O3. The number of nitrogens with zero attached hydrogens (tertiary/aromatic N) is 1. The maximum atomic E-state index is 11.5. The highest BCUT2D eigenvalue weighted by atomic mass is 127. The topological polar surface area (TPSA) is 84.0 Å². The zero-order valence-corrected chi connectivity index (χ0v) is 19.7. The minimum atomic E-state index is -0.498. The van der Waals surface area contributed by atoms with Crippen LogP contribution in [0.15, 0.2) is 27.7 Å². The number of carbonyl (C=O) groups is 1. The van der Waals surface area contributed by atoms with Crippen LogP contribution in [-0.2, 0) is 11.3 Å². The fourth-order valence-corrected chi connectivity index (χ4v) is 2.47. The van der Waals surface area contributed by atoms with Crippen molar-refractivity contribution in [2.45, 2.75) is 32.9 Å². The summed E-state index contributed by atoms with van der Waals surface area (Å²) in [6.07, 6.45) is -0.430. The fraction of sp³-hybridized carbons (Fsp3) is 0.529. The number of halogens is 2. The van der Waals surface area contributed by atoms with Gasteiger partial charge in [-0.15, -0.1) is 24.0 Å². The van der Waals surface area contributed by atoms with Crippen molar-refractivity contribution in [3.63, 3.8) is 0 Å².